The molecule has 4 N–H and O–H groups in total. The summed E-state index contributed by atoms with van der Waals surface area (Å²) in [6.07, 6.45) is 11.9. The fourth-order valence-corrected chi connectivity index (χ4v) is 8.06. The van der Waals surface area contributed by atoms with Crippen LogP contribution in [0.15, 0.2) is 29.4 Å². The number of nitrogens with two attached hydrogens (primary N) is 1. The van der Waals surface area contributed by atoms with Gasteiger partial charge in [0.1, 0.15) is 0 Å². The van der Waals surface area contributed by atoms with Crippen molar-refractivity contribution in [1.82, 2.24) is 23.8 Å². The molecule has 10 nitrogen and oxygen atoms in total. The minimum absolute atomic E-state index is 0. The van der Waals surface area contributed by atoms with Gasteiger partial charge in [-0.1, -0.05) is 36.0 Å². The summed E-state index contributed by atoms with van der Waals surface area (Å²) in [6, 6.07) is 5.45. The number of hydrogen-bond donors (Lipinski definition) is 3. The lowest BCUT2D eigenvalue weighted by Gasteiger charge is -2.32. The molecule has 42 heavy (non-hydrogen) atoms. The maximum Gasteiger partial charge on any atom is 0.243 e. The van der Waals surface area contributed by atoms with Gasteiger partial charge in [-0.2, -0.15) is 14.3 Å². The Labute approximate surface area is 269 Å². The molecule has 15 heteroatoms. The van der Waals surface area contributed by atoms with Crippen LogP contribution in [0, 0.1) is 0 Å². The normalized spacial score (nSPS) is 22.5. The zero-order chi connectivity index (χ0) is 27.9. The molecule has 1 saturated heterocycles. The highest BCUT2D eigenvalue weighted by molar-refractivity contribution is 7.89. The summed E-state index contributed by atoms with van der Waals surface area (Å²) in [4.78, 5) is 14.7. The van der Waals surface area contributed by atoms with Crippen molar-refractivity contribution in [3.05, 3.63) is 34.6 Å². The van der Waals surface area contributed by atoms with Gasteiger partial charge in [0.15, 0.2) is 17.0 Å². The van der Waals surface area contributed by atoms with Gasteiger partial charge in [-0.05, 0) is 69.6 Å². The van der Waals surface area contributed by atoms with Crippen LogP contribution < -0.4 is 16.4 Å². The maximum atomic E-state index is 13.2. The summed E-state index contributed by atoms with van der Waals surface area (Å²) >= 11 is 12.1. The van der Waals surface area contributed by atoms with Crippen molar-refractivity contribution in [2.45, 2.75) is 93.3 Å². The molecule has 0 atom stereocenters. The van der Waals surface area contributed by atoms with Crippen molar-refractivity contribution in [1.29, 1.82) is 0 Å². The third-order valence-electron chi connectivity index (χ3n) is 8.57. The lowest BCUT2D eigenvalue weighted by atomic mass is 9.92. The highest BCUT2D eigenvalue weighted by Crippen LogP contribution is 2.34. The third-order valence-corrected chi connectivity index (χ3v) is 11.2. The van der Waals surface area contributed by atoms with E-state index in [2.05, 4.69) is 15.2 Å². The standard InChI is InChI=1S/C27H36Cl2N8O2S.2ClH/c28-22-10-9-21(15-23(22)29)40(38,39)36-13-11-19(12-14-36)32-25-24-26(37(16-31-24)20-3-1-2-4-20)35-27(34-25)33-18-7-5-17(30)6-8-18;;/h9-10,15-20H,1-8,11-14,30H2,(H2,32,33,34,35);2*1H/t17-,18-;;. The fraction of sp³-hybridized carbons (Fsp3) is 0.593. The molecule has 3 heterocycles. The Bertz CT molecular complexity index is 1470. The van der Waals surface area contributed by atoms with Crippen LogP contribution >= 0.6 is 48.0 Å². The number of anilines is 2. The zero-order valence-electron chi connectivity index (χ0n) is 23.2. The Balaban J connectivity index is 0.00000202. The molecule has 2 saturated carbocycles. The number of hydrogen-bond acceptors (Lipinski definition) is 8. The van der Waals surface area contributed by atoms with Crippen LogP contribution in [0.25, 0.3) is 11.2 Å². The number of imidazole rings is 1. The molecule has 232 valence electrons. The number of rotatable bonds is 7. The number of fused-ring (bicyclic) bond motifs is 1. The van der Waals surface area contributed by atoms with Crippen LogP contribution in [0.5, 0.6) is 0 Å². The van der Waals surface area contributed by atoms with Gasteiger partial charge in [0.2, 0.25) is 16.0 Å². The first kappa shape index (κ1) is 33.3. The Kier molecular flexibility index (Phi) is 11.1. The number of sulfonamides is 1. The van der Waals surface area contributed by atoms with E-state index in [-0.39, 0.29) is 46.8 Å². The van der Waals surface area contributed by atoms with Gasteiger partial charge >= 0.3 is 0 Å². The maximum absolute atomic E-state index is 13.2. The van der Waals surface area contributed by atoms with E-state index in [1.807, 2.05) is 6.33 Å². The smallest absolute Gasteiger partial charge is 0.243 e. The summed E-state index contributed by atoms with van der Waals surface area (Å²) in [6.45, 7) is 0.775. The highest BCUT2D eigenvalue weighted by Gasteiger charge is 2.31. The average molecular weight is 681 g/mol. The Morgan fingerprint density at radius 3 is 2.19 bits per heavy atom. The van der Waals surface area contributed by atoms with E-state index >= 15 is 0 Å². The van der Waals surface area contributed by atoms with E-state index in [0.717, 1.165) is 49.7 Å². The zero-order valence-corrected chi connectivity index (χ0v) is 27.2. The molecule has 6 rings (SSSR count). The lowest BCUT2D eigenvalue weighted by molar-refractivity contribution is 0.329. The minimum atomic E-state index is -3.66. The molecule has 2 aromatic heterocycles. The molecule has 3 aromatic rings. The fourth-order valence-electron chi connectivity index (χ4n) is 6.20. The summed E-state index contributed by atoms with van der Waals surface area (Å²) in [5, 5.41) is 7.72. The van der Waals surface area contributed by atoms with Gasteiger partial charge in [0.25, 0.3) is 0 Å². The Morgan fingerprint density at radius 1 is 0.857 bits per heavy atom. The molecule has 0 unspecified atom stereocenters. The number of benzene rings is 1. The predicted molar refractivity (Wildman–Crippen MR) is 173 cm³/mol. The SMILES string of the molecule is Cl.Cl.N[C@H]1CC[C@H](Nc2nc(NC3CCN(S(=O)(=O)c4ccc(Cl)c(Cl)c4)CC3)c3ncn(C4CCCC4)c3n2)CC1. The number of halogens is 4. The van der Waals surface area contributed by atoms with Gasteiger partial charge in [-0.25, -0.2) is 13.4 Å². The molecule has 0 spiro atoms. The van der Waals surface area contributed by atoms with Crippen molar-refractivity contribution in [3.63, 3.8) is 0 Å². The van der Waals surface area contributed by atoms with E-state index in [9.17, 15) is 8.42 Å². The average Bonchev–Trinajstić information content (AvgIpc) is 3.62. The predicted octanol–water partition coefficient (Wildman–Crippen LogP) is 6.04. The summed E-state index contributed by atoms with van der Waals surface area (Å²) in [7, 11) is -3.66. The molecule has 3 aliphatic rings. The summed E-state index contributed by atoms with van der Waals surface area (Å²) in [5.41, 5.74) is 7.72. The van der Waals surface area contributed by atoms with Crippen molar-refractivity contribution in [2.75, 3.05) is 23.7 Å². The van der Waals surface area contributed by atoms with E-state index in [1.165, 1.54) is 35.3 Å². The van der Waals surface area contributed by atoms with Gasteiger partial charge in [-0.15, -0.1) is 24.8 Å². The van der Waals surface area contributed by atoms with Crippen molar-refractivity contribution >= 4 is 81.0 Å². The number of aromatic nitrogens is 4. The van der Waals surface area contributed by atoms with Gasteiger partial charge in [0, 0.05) is 37.3 Å². The molecule has 3 fully saturated rings. The van der Waals surface area contributed by atoms with Gasteiger partial charge < -0.3 is 20.9 Å². The lowest BCUT2D eigenvalue weighted by Crippen LogP contribution is -2.42. The Hall–Kier alpha value is -1.60. The third kappa shape index (κ3) is 7.03. The number of nitrogens with one attached hydrogen (secondary N) is 2. The summed E-state index contributed by atoms with van der Waals surface area (Å²) < 4.78 is 30.2. The molecule has 1 aromatic carbocycles. The van der Waals surface area contributed by atoms with Crippen molar-refractivity contribution < 1.29 is 8.42 Å². The van der Waals surface area contributed by atoms with E-state index in [0.29, 0.717) is 54.8 Å². The minimum Gasteiger partial charge on any atom is -0.365 e. The van der Waals surface area contributed by atoms with Crippen LogP contribution in [-0.4, -0.2) is 63.5 Å². The van der Waals surface area contributed by atoms with Crippen LogP contribution in [-0.2, 0) is 10.0 Å². The molecule has 1 aliphatic heterocycles. The molecular formula is C27H38Cl4N8O2S. The highest BCUT2D eigenvalue weighted by atomic mass is 35.5. The topological polar surface area (TPSA) is 131 Å². The summed E-state index contributed by atoms with van der Waals surface area (Å²) in [5.74, 6) is 1.30. The largest absolute Gasteiger partial charge is 0.365 e. The van der Waals surface area contributed by atoms with E-state index in [4.69, 9.17) is 43.9 Å². The Morgan fingerprint density at radius 2 is 1.52 bits per heavy atom. The molecule has 2 aliphatic carbocycles. The first-order valence-electron chi connectivity index (χ1n) is 14.3. The molecule has 0 bridgehead atoms. The van der Waals surface area contributed by atoms with Crippen LogP contribution in [0.3, 0.4) is 0 Å². The first-order chi connectivity index (χ1) is 19.3. The van der Waals surface area contributed by atoms with Crippen molar-refractivity contribution in [2.24, 2.45) is 5.73 Å². The van der Waals surface area contributed by atoms with E-state index in [1.54, 1.807) is 0 Å². The number of piperidine rings is 1. The molecule has 0 amide bonds. The second-order valence-corrected chi connectivity index (χ2v) is 14.1. The molecular weight excluding hydrogens is 642 g/mol. The van der Waals surface area contributed by atoms with Crippen LogP contribution in [0.2, 0.25) is 10.0 Å². The van der Waals surface area contributed by atoms with Crippen LogP contribution in [0.1, 0.15) is 70.3 Å². The second kappa shape index (κ2) is 14.0. The second-order valence-electron chi connectivity index (χ2n) is 11.3. The molecule has 0 radical (unpaired) electrons. The van der Waals surface area contributed by atoms with Crippen molar-refractivity contribution in [3.8, 4) is 0 Å². The van der Waals surface area contributed by atoms with Gasteiger partial charge in [0.05, 0.1) is 21.3 Å². The van der Waals surface area contributed by atoms with Gasteiger partial charge in [-0.3, -0.25) is 0 Å². The van der Waals surface area contributed by atoms with E-state index < -0.39 is 10.0 Å². The first-order valence-corrected chi connectivity index (χ1v) is 16.5. The quantitative estimate of drug-likeness (QED) is 0.276. The van der Waals surface area contributed by atoms with Crippen LogP contribution in [0.4, 0.5) is 11.8 Å². The number of nitrogens with zero attached hydrogens (tertiary/aromatic N) is 5. The monoisotopic (exact) mass is 678 g/mol.